The Bertz CT molecular complexity index is 1580. The molecule has 6 aromatic carbocycles. The molecule has 6 aromatic rings. The first-order chi connectivity index (χ1) is 17.3. The predicted molar refractivity (Wildman–Crippen MR) is 150 cm³/mol. The van der Waals surface area contributed by atoms with Gasteiger partial charge in [-0.3, -0.25) is 0 Å². The van der Waals surface area contributed by atoms with Crippen LogP contribution in [0.15, 0.2) is 146 Å². The smallest absolute Gasteiger partial charge is 0.0464 e. The molecule has 0 aliphatic carbocycles. The summed E-state index contributed by atoms with van der Waals surface area (Å²) >= 11 is 0. The van der Waals surface area contributed by atoms with Crippen LogP contribution in [0.1, 0.15) is 0 Å². The summed E-state index contributed by atoms with van der Waals surface area (Å²) in [6.45, 7) is 0. The van der Waals surface area contributed by atoms with Gasteiger partial charge in [0.25, 0.3) is 0 Å². The van der Waals surface area contributed by atoms with E-state index in [0.29, 0.717) is 0 Å². The van der Waals surface area contributed by atoms with Crippen molar-refractivity contribution in [2.75, 3.05) is 5.32 Å². The quantitative estimate of drug-likeness (QED) is 0.277. The number of hydrogen-bond acceptors (Lipinski definition) is 1. The standard InChI is InChI=1S/C34H25N/c1-3-10-25(11-4-1)26-18-21-30(22-19-26)35-34-23-20-29(24-33(34)28-12-5-2-6-13-28)32-17-9-15-27-14-7-8-16-31(27)32/h1-24,35H. The average Bonchev–Trinajstić information content (AvgIpc) is 2.94. The van der Waals surface area contributed by atoms with Crippen LogP contribution in [-0.4, -0.2) is 0 Å². The topological polar surface area (TPSA) is 12.0 Å². The van der Waals surface area contributed by atoms with E-state index in [1.165, 1.54) is 44.2 Å². The first kappa shape index (κ1) is 20.9. The summed E-state index contributed by atoms with van der Waals surface area (Å²) in [5.74, 6) is 0. The van der Waals surface area contributed by atoms with E-state index in [0.717, 1.165) is 11.4 Å². The molecule has 0 aliphatic heterocycles. The third-order valence-corrected chi connectivity index (χ3v) is 6.48. The zero-order valence-corrected chi connectivity index (χ0v) is 19.4. The van der Waals surface area contributed by atoms with Crippen molar-refractivity contribution in [2.45, 2.75) is 0 Å². The summed E-state index contributed by atoms with van der Waals surface area (Å²) in [7, 11) is 0. The van der Waals surface area contributed by atoms with Gasteiger partial charge >= 0.3 is 0 Å². The number of nitrogens with one attached hydrogen (secondary N) is 1. The molecular weight excluding hydrogens is 422 g/mol. The lowest BCUT2D eigenvalue weighted by Gasteiger charge is -2.16. The molecule has 0 unspecified atom stereocenters. The highest BCUT2D eigenvalue weighted by Crippen LogP contribution is 2.37. The highest BCUT2D eigenvalue weighted by molar-refractivity contribution is 5.98. The minimum absolute atomic E-state index is 1.07. The molecular formula is C34H25N. The molecule has 1 heteroatoms. The third-order valence-electron chi connectivity index (χ3n) is 6.48. The molecule has 0 aromatic heterocycles. The van der Waals surface area contributed by atoms with Crippen LogP contribution in [0.2, 0.25) is 0 Å². The lowest BCUT2D eigenvalue weighted by Crippen LogP contribution is -1.94. The van der Waals surface area contributed by atoms with E-state index in [-0.39, 0.29) is 0 Å². The molecule has 0 saturated heterocycles. The maximum Gasteiger partial charge on any atom is 0.0464 e. The van der Waals surface area contributed by atoms with E-state index in [4.69, 9.17) is 0 Å². The van der Waals surface area contributed by atoms with Crippen LogP contribution in [0.3, 0.4) is 0 Å². The van der Waals surface area contributed by atoms with Gasteiger partial charge in [-0.15, -0.1) is 0 Å². The Morgan fingerprint density at radius 3 is 1.74 bits per heavy atom. The lowest BCUT2D eigenvalue weighted by molar-refractivity contribution is 1.52. The number of hydrogen-bond donors (Lipinski definition) is 1. The van der Waals surface area contributed by atoms with Gasteiger partial charge in [0.15, 0.2) is 0 Å². The van der Waals surface area contributed by atoms with Gasteiger partial charge in [-0.2, -0.15) is 0 Å². The molecule has 6 rings (SSSR count). The fraction of sp³-hybridized carbons (Fsp3) is 0. The normalized spacial score (nSPS) is 10.9. The molecule has 0 spiro atoms. The summed E-state index contributed by atoms with van der Waals surface area (Å²) in [4.78, 5) is 0. The van der Waals surface area contributed by atoms with Crippen LogP contribution in [0.4, 0.5) is 11.4 Å². The second-order valence-electron chi connectivity index (χ2n) is 8.72. The highest BCUT2D eigenvalue weighted by atomic mass is 14.9. The lowest BCUT2D eigenvalue weighted by atomic mass is 9.94. The maximum atomic E-state index is 3.67. The van der Waals surface area contributed by atoms with E-state index in [2.05, 4.69) is 145 Å². The van der Waals surface area contributed by atoms with E-state index in [1.807, 2.05) is 6.07 Å². The first-order valence-electron chi connectivity index (χ1n) is 12.0. The summed E-state index contributed by atoms with van der Waals surface area (Å²) in [5.41, 5.74) is 9.44. The molecule has 0 atom stereocenters. The fourth-order valence-electron chi connectivity index (χ4n) is 4.69. The Morgan fingerprint density at radius 1 is 0.371 bits per heavy atom. The predicted octanol–water partition coefficient (Wildman–Crippen LogP) is 9.58. The van der Waals surface area contributed by atoms with Crippen LogP contribution in [0.5, 0.6) is 0 Å². The highest BCUT2D eigenvalue weighted by Gasteiger charge is 2.10. The average molecular weight is 448 g/mol. The van der Waals surface area contributed by atoms with Crippen molar-refractivity contribution in [3.05, 3.63) is 146 Å². The van der Waals surface area contributed by atoms with Crippen LogP contribution in [0, 0.1) is 0 Å². The molecule has 35 heavy (non-hydrogen) atoms. The SMILES string of the molecule is c1ccc(-c2ccc(Nc3ccc(-c4cccc5ccccc45)cc3-c3ccccc3)cc2)cc1. The number of fused-ring (bicyclic) bond motifs is 1. The van der Waals surface area contributed by atoms with Crippen LogP contribution < -0.4 is 5.32 Å². The second kappa shape index (κ2) is 9.32. The number of rotatable bonds is 5. The summed E-state index contributed by atoms with van der Waals surface area (Å²) < 4.78 is 0. The Labute approximate surface area is 206 Å². The van der Waals surface area contributed by atoms with Gasteiger partial charge in [0.1, 0.15) is 0 Å². The van der Waals surface area contributed by atoms with Crippen LogP contribution >= 0.6 is 0 Å². The number of anilines is 2. The van der Waals surface area contributed by atoms with Crippen molar-refractivity contribution in [3.8, 4) is 33.4 Å². The summed E-state index contributed by atoms with van der Waals surface area (Å²) in [6, 6.07) is 51.5. The molecule has 0 radical (unpaired) electrons. The van der Waals surface area contributed by atoms with E-state index in [9.17, 15) is 0 Å². The van der Waals surface area contributed by atoms with Gasteiger partial charge < -0.3 is 5.32 Å². The monoisotopic (exact) mass is 447 g/mol. The van der Waals surface area contributed by atoms with Crippen molar-refractivity contribution < 1.29 is 0 Å². The van der Waals surface area contributed by atoms with Gasteiger partial charge in [-0.25, -0.2) is 0 Å². The van der Waals surface area contributed by atoms with E-state index in [1.54, 1.807) is 0 Å². The van der Waals surface area contributed by atoms with Crippen molar-refractivity contribution in [1.29, 1.82) is 0 Å². The Morgan fingerprint density at radius 2 is 0.971 bits per heavy atom. The van der Waals surface area contributed by atoms with Gasteiger partial charge in [-0.1, -0.05) is 121 Å². The van der Waals surface area contributed by atoms with Gasteiger partial charge in [0.2, 0.25) is 0 Å². The maximum absolute atomic E-state index is 3.67. The molecule has 0 saturated carbocycles. The van der Waals surface area contributed by atoms with Crippen molar-refractivity contribution in [3.63, 3.8) is 0 Å². The molecule has 0 fully saturated rings. The van der Waals surface area contributed by atoms with Gasteiger partial charge in [-0.05, 0) is 62.9 Å². The second-order valence-corrected chi connectivity index (χ2v) is 8.72. The number of benzene rings is 6. The van der Waals surface area contributed by atoms with Crippen molar-refractivity contribution in [2.24, 2.45) is 0 Å². The largest absolute Gasteiger partial charge is 0.355 e. The summed E-state index contributed by atoms with van der Waals surface area (Å²) in [5, 5.41) is 6.19. The Hall–Kier alpha value is -4.62. The van der Waals surface area contributed by atoms with Gasteiger partial charge in [0, 0.05) is 16.9 Å². The zero-order valence-electron chi connectivity index (χ0n) is 19.4. The minimum Gasteiger partial charge on any atom is -0.355 e. The van der Waals surface area contributed by atoms with Crippen molar-refractivity contribution >= 4 is 22.1 Å². The minimum atomic E-state index is 1.07. The van der Waals surface area contributed by atoms with Gasteiger partial charge in [0.05, 0.1) is 0 Å². The molecule has 1 nitrogen and oxygen atoms in total. The molecule has 0 aliphatic rings. The molecule has 1 N–H and O–H groups in total. The molecule has 0 bridgehead atoms. The van der Waals surface area contributed by atoms with Crippen LogP contribution in [0.25, 0.3) is 44.2 Å². The van der Waals surface area contributed by atoms with E-state index < -0.39 is 0 Å². The third kappa shape index (κ3) is 4.32. The molecule has 0 amide bonds. The Balaban J connectivity index is 1.40. The zero-order chi connectivity index (χ0) is 23.5. The van der Waals surface area contributed by atoms with Crippen molar-refractivity contribution in [1.82, 2.24) is 0 Å². The molecule has 166 valence electrons. The summed E-state index contributed by atoms with van der Waals surface area (Å²) in [6.07, 6.45) is 0. The first-order valence-corrected chi connectivity index (χ1v) is 12.0. The van der Waals surface area contributed by atoms with E-state index >= 15 is 0 Å². The fourth-order valence-corrected chi connectivity index (χ4v) is 4.69. The Kier molecular flexibility index (Phi) is 5.58. The molecule has 0 heterocycles. The van der Waals surface area contributed by atoms with Crippen LogP contribution in [-0.2, 0) is 0 Å².